The Morgan fingerprint density at radius 1 is 1.11 bits per heavy atom. The van der Waals surface area contributed by atoms with E-state index in [1.54, 1.807) is 17.1 Å². The monoisotopic (exact) mass is 270 g/mol. The van der Waals surface area contributed by atoms with E-state index >= 15 is 0 Å². The fraction of sp³-hybridized carbons (Fsp3) is 0.0714. The van der Waals surface area contributed by atoms with Gasteiger partial charge < -0.3 is 0 Å². The van der Waals surface area contributed by atoms with Crippen molar-refractivity contribution in [2.75, 3.05) is 0 Å². The molecule has 0 N–H and O–H groups in total. The van der Waals surface area contributed by atoms with Crippen molar-refractivity contribution in [1.82, 2.24) is 20.0 Å². The Kier molecular flexibility index (Phi) is 3.01. The molecular weight excluding hydrogens is 260 g/mol. The lowest BCUT2D eigenvalue weighted by Crippen LogP contribution is -1.94. The lowest BCUT2D eigenvalue weighted by Gasteiger charge is -2.02. The first-order chi connectivity index (χ1) is 9.24. The Balaban J connectivity index is 1.99. The maximum Gasteiger partial charge on any atom is 0.113 e. The largest absolute Gasteiger partial charge is 0.265 e. The minimum atomic E-state index is 0.721. The van der Waals surface area contributed by atoms with Gasteiger partial charge in [0, 0.05) is 23.0 Å². The summed E-state index contributed by atoms with van der Waals surface area (Å²) in [5, 5.41) is 9.00. The van der Waals surface area contributed by atoms with Crippen LogP contribution in [0.4, 0.5) is 0 Å². The van der Waals surface area contributed by atoms with Crippen LogP contribution >= 0.6 is 11.6 Å². The van der Waals surface area contributed by atoms with Crippen LogP contribution in [-0.4, -0.2) is 20.0 Å². The summed E-state index contributed by atoms with van der Waals surface area (Å²) in [6.45, 7) is 1.97. The smallest absolute Gasteiger partial charge is 0.113 e. The Bertz CT molecular complexity index is 706. The Morgan fingerprint density at radius 2 is 1.89 bits per heavy atom. The van der Waals surface area contributed by atoms with E-state index in [2.05, 4.69) is 15.3 Å². The van der Waals surface area contributed by atoms with E-state index in [0.717, 1.165) is 27.5 Å². The quantitative estimate of drug-likeness (QED) is 0.718. The third-order valence-electron chi connectivity index (χ3n) is 2.89. The van der Waals surface area contributed by atoms with Crippen molar-refractivity contribution in [1.29, 1.82) is 0 Å². The fourth-order valence-corrected chi connectivity index (χ4v) is 1.94. The summed E-state index contributed by atoms with van der Waals surface area (Å²) in [7, 11) is 0. The van der Waals surface area contributed by atoms with E-state index in [1.165, 1.54) is 0 Å². The molecule has 0 saturated carbocycles. The Morgan fingerprint density at radius 3 is 2.63 bits per heavy atom. The van der Waals surface area contributed by atoms with Crippen molar-refractivity contribution in [3.8, 4) is 16.9 Å². The van der Waals surface area contributed by atoms with E-state index in [9.17, 15) is 0 Å². The second kappa shape index (κ2) is 4.82. The summed E-state index contributed by atoms with van der Waals surface area (Å²) in [5.41, 5.74) is 3.72. The van der Waals surface area contributed by atoms with Gasteiger partial charge in [0.1, 0.15) is 5.69 Å². The minimum absolute atomic E-state index is 0.721. The average molecular weight is 271 g/mol. The standard InChI is InChI=1S/C14H11ClN4/c1-10-2-3-12(8-13(10)15)19-9-14(17-18-19)11-4-6-16-7-5-11/h2-9H,1H3. The first-order valence-electron chi connectivity index (χ1n) is 5.83. The maximum absolute atomic E-state index is 6.12. The van der Waals surface area contributed by atoms with Crippen LogP contribution in [0.25, 0.3) is 16.9 Å². The van der Waals surface area contributed by atoms with Gasteiger partial charge >= 0.3 is 0 Å². The van der Waals surface area contributed by atoms with Gasteiger partial charge in [0.25, 0.3) is 0 Å². The number of aryl methyl sites for hydroxylation is 1. The van der Waals surface area contributed by atoms with Gasteiger partial charge in [-0.2, -0.15) is 0 Å². The zero-order valence-corrected chi connectivity index (χ0v) is 11.0. The van der Waals surface area contributed by atoms with Gasteiger partial charge in [-0.1, -0.05) is 22.9 Å². The normalized spacial score (nSPS) is 10.6. The molecule has 0 atom stereocenters. The van der Waals surface area contributed by atoms with Gasteiger partial charge in [0.15, 0.2) is 0 Å². The molecule has 5 heteroatoms. The molecule has 0 aliphatic rings. The minimum Gasteiger partial charge on any atom is -0.265 e. The molecule has 0 radical (unpaired) electrons. The predicted octanol–water partition coefficient (Wildman–Crippen LogP) is 3.29. The number of rotatable bonds is 2. The second-order valence-corrected chi connectivity index (χ2v) is 4.62. The molecule has 0 spiro atoms. The highest BCUT2D eigenvalue weighted by molar-refractivity contribution is 6.31. The summed E-state index contributed by atoms with van der Waals surface area (Å²) in [6, 6.07) is 9.60. The molecule has 0 unspecified atom stereocenters. The number of hydrogen-bond acceptors (Lipinski definition) is 3. The topological polar surface area (TPSA) is 43.6 Å². The summed E-state index contributed by atoms with van der Waals surface area (Å²) in [5.74, 6) is 0. The molecule has 2 heterocycles. The highest BCUT2D eigenvalue weighted by atomic mass is 35.5. The molecule has 3 aromatic rings. The number of benzene rings is 1. The lowest BCUT2D eigenvalue weighted by molar-refractivity contribution is 0.803. The second-order valence-electron chi connectivity index (χ2n) is 4.22. The molecule has 19 heavy (non-hydrogen) atoms. The van der Waals surface area contributed by atoms with Crippen LogP contribution in [0.1, 0.15) is 5.56 Å². The molecule has 0 saturated heterocycles. The van der Waals surface area contributed by atoms with E-state index in [0.29, 0.717) is 0 Å². The van der Waals surface area contributed by atoms with Crippen molar-refractivity contribution in [3.05, 3.63) is 59.5 Å². The summed E-state index contributed by atoms with van der Waals surface area (Å²) >= 11 is 6.12. The molecule has 1 aromatic carbocycles. The van der Waals surface area contributed by atoms with Gasteiger partial charge in [-0.3, -0.25) is 4.98 Å². The van der Waals surface area contributed by atoms with Crippen molar-refractivity contribution < 1.29 is 0 Å². The Labute approximate surface area is 115 Å². The van der Waals surface area contributed by atoms with Gasteiger partial charge in [-0.25, -0.2) is 4.68 Å². The molecule has 94 valence electrons. The van der Waals surface area contributed by atoms with Crippen molar-refractivity contribution in [3.63, 3.8) is 0 Å². The van der Waals surface area contributed by atoms with Crippen molar-refractivity contribution in [2.45, 2.75) is 6.92 Å². The van der Waals surface area contributed by atoms with Gasteiger partial charge in [-0.15, -0.1) is 5.10 Å². The van der Waals surface area contributed by atoms with E-state index in [1.807, 2.05) is 43.5 Å². The number of hydrogen-bond donors (Lipinski definition) is 0. The van der Waals surface area contributed by atoms with Gasteiger partial charge in [0.2, 0.25) is 0 Å². The van der Waals surface area contributed by atoms with Crippen LogP contribution in [-0.2, 0) is 0 Å². The molecule has 0 amide bonds. The summed E-state index contributed by atoms with van der Waals surface area (Å²) in [6.07, 6.45) is 5.34. The molecule has 4 nitrogen and oxygen atoms in total. The summed E-state index contributed by atoms with van der Waals surface area (Å²) in [4.78, 5) is 3.98. The predicted molar refractivity (Wildman–Crippen MR) is 74.3 cm³/mol. The van der Waals surface area contributed by atoms with Crippen LogP contribution in [0.3, 0.4) is 0 Å². The Hall–Kier alpha value is -2.20. The average Bonchev–Trinajstić information content (AvgIpc) is 2.93. The van der Waals surface area contributed by atoms with Gasteiger partial charge in [0.05, 0.1) is 11.9 Å². The van der Waals surface area contributed by atoms with Crippen LogP contribution in [0.5, 0.6) is 0 Å². The highest BCUT2D eigenvalue weighted by Gasteiger charge is 2.06. The van der Waals surface area contributed by atoms with Crippen molar-refractivity contribution in [2.24, 2.45) is 0 Å². The molecule has 3 rings (SSSR count). The SMILES string of the molecule is Cc1ccc(-n2cc(-c3ccncc3)nn2)cc1Cl. The molecular formula is C14H11ClN4. The zero-order valence-electron chi connectivity index (χ0n) is 10.3. The number of aromatic nitrogens is 4. The molecule has 0 fully saturated rings. The molecule has 0 aliphatic carbocycles. The number of pyridine rings is 1. The number of nitrogens with zero attached hydrogens (tertiary/aromatic N) is 4. The van der Waals surface area contributed by atoms with Crippen LogP contribution < -0.4 is 0 Å². The van der Waals surface area contributed by atoms with Crippen LogP contribution in [0, 0.1) is 6.92 Å². The first-order valence-corrected chi connectivity index (χ1v) is 6.21. The molecule has 2 aromatic heterocycles. The van der Waals surface area contributed by atoms with Crippen LogP contribution in [0.2, 0.25) is 5.02 Å². The van der Waals surface area contributed by atoms with E-state index in [4.69, 9.17) is 11.6 Å². The molecule has 0 aliphatic heterocycles. The van der Waals surface area contributed by atoms with E-state index in [-0.39, 0.29) is 0 Å². The van der Waals surface area contributed by atoms with E-state index < -0.39 is 0 Å². The third kappa shape index (κ3) is 2.35. The highest BCUT2D eigenvalue weighted by Crippen LogP contribution is 2.21. The molecule has 0 bridgehead atoms. The first kappa shape index (κ1) is 11.9. The van der Waals surface area contributed by atoms with Crippen LogP contribution in [0.15, 0.2) is 48.9 Å². The number of halogens is 1. The van der Waals surface area contributed by atoms with Crippen molar-refractivity contribution >= 4 is 11.6 Å². The fourth-order valence-electron chi connectivity index (χ4n) is 1.77. The third-order valence-corrected chi connectivity index (χ3v) is 3.30. The van der Waals surface area contributed by atoms with Gasteiger partial charge in [-0.05, 0) is 36.8 Å². The maximum atomic E-state index is 6.12. The summed E-state index contributed by atoms with van der Waals surface area (Å²) < 4.78 is 1.71. The zero-order chi connectivity index (χ0) is 13.2. The lowest BCUT2D eigenvalue weighted by atomic mass is 10.2.